The molecular formula is C17H22N4O2S2. The van der Waals surface area contributed by atoms with E-state index in [-0.39, 0.29) is 0 Å². The van der Waals surface area contributed by atoms with Gasteiger partial charge in [-0.1, -0.05) is 17.8 Å². The zero-order chi connectivity index (χ0) is 17.3. The lowest BCUT2D eigenvalue weighted by Gasteiger charge is -2.11. The van der Waals surface area contributed by atoms with Crippen molar-refractivity contribution >= 4 is 29.1 Å². The third kappa shape index (κ3) is 5.54. The molecule has 0 saturated carbocycles. The number of thioether (sulfide) groups is 1. The molecule has 0 saturated heterocycles. The summed E-state index contributed by atoms with van der Waals surface area (Å²) in [6.45, 7) is 4.67. The van der Waals surface area contributed by atoms with Gasteiger partial charge < -0.3 is 20.1 Å². The summed E-state index contributed by atoms with van der Waals surface area (Å²) in [5, 5.41) is 8.66. The molecule has 3 rings (SSSR count). The molecule has 2 aromatic rings. The predicted octanol–water partition coefficient (Wildman–Crippen LogP) is 3.11. The van der Waals surface area contributed by atoms with Gasteiger partial charge in [0, 0.05) is 30.4 Å². The van der Waals surface area contributed by atoms with E-state index in [4.69, 9.17) is 9.47 Å². The molecule has 0 aliphatic carbocycles. The SMILES string of the molecule is CCNC(=NCc1ccc2c(c1)OCO2)NCCCSc1nccs1. The lowest BCUT2D eigenvalue weighted by Crippen LogP contribution is -2.37. The van der Waals surface area contributed by atoms with Crippen LogP contribution >= 0.6 is 23.1 Å². The van der Waals surface area contributed by atoms with Crippen molar-refractivity contribution in [1.82, 2.24) is 15.6 Å². The molecule has 0 fully saturated rings. The number of aromatic nitrogens is 1. The van der Waals surface area contributed by atoms with Crippen LogP contribution in [0.5, 0.6) is 11.5 Å². The van der Waals surface area contributed by atoms with Crippen LogP contribution in [0.3, 0.4) is 0 Å². The van der Waals surface area contributed by atoms with E-state index in [1.165, 1.54) is 0 Å². The Bertz CT molecular complexity index is 692. The quantitative estimate of drug-likeness (QED) is 0.318. The van der Waals surface area contributed by atoms with Crippen molar-refractivity contribution in [2.75, 3.05) is 25.6 Å². The number of thiazole rings is 1. The van der Waals surface area contributed by atoms with Gasteiger partial charge in [-0.3, -0.25) is 0 Å². The summed E-state index contributed by atoms with van der Waals surface area (Å²) in [4.78, 5) is 8.91. The van der Waals surface area contributed by atoms with Crippen molar-refractivity contribution in [3.05, 3.63) is 35.3 Å². The minimum Gasteiger partial charge on any atom is -0.454 e. The number of aliphatic imine (C=N–C) groups is 1. The molecule has 0 atom stereocenters. The first-order valence-corrected chi connectivity index (χ1v) is 10.1. The molecule has 1 aliphatic rings. The number of fused-ring (bicyclic) bond motifs is 1. The fourth-order valence-corrected chi connectivity index (χ4v) is 3.92. The average molecular weight is 379 g/mol. The Morgan fingerprint density at radius 1 is 1.32 bits per heavy atom. The maximum Gasteiger partial charge on any atom is 0.231 e. The van der Waals surface area contributed by atoms with Crippen LogP contribution < -0.4 is 20.1 Å². The Morgan fingerprint density at radius 3 is 3.08 bits per heavy atom. The van der Waals surface area contributed by atoms with Crippen molar-refractivity contribution < 1.29 is 9.47 Å². The molecule has 0 amide bonds. The number of rotatable bonds is 8. The Labute approximate surface area is 156 Å². The number of benzene rings is 1. The van der Waals surface area contributed by atoms with Crippen LogP contribution in [0.4, 0.5) is 0 Å². The minimum absolute atomic E-state index is 0.297. The number of nitrogens with zero attached hydrogens (tertiary/aromatic N) is 2. The summed E-state index contributed by atoms with van der Waals surface area (Å²) in [6, 6.07) is 5.94. The number of ether oxygens (including phenoxy) is 2. The largest absolute Gasteiger partial charge is 0.454 e. The molecule has 1 aliphatic heterocycles. The Balaban J connectivity index is 1.44. The molecule has 25 heavy (non-hydrogen) atoms. The van der Waals surface area contributed by atoms with E-state index in [0.717, 1.165) is 52.6 Å². The third-order valence-electron chi connectivity index (χ3n) is 3.45. The first-order valence-electron chi connectivity index (χ1n) is 8.28. The second kappa shape index (κ2) is 9.53. The predicted molar refractivity (Wildman–Crippen MR) is 103 cm³/mol. The van der Waals surface area contributed by atoms with Crippen LogP contribution in [-0.4, -0.2) is 36.6 Å². The second-order valence-corrected chi connectivity index (χ2v) is 7.55. The summed E-state index contributed by atoms with van der Waals surface area (Å²) in [5.41, 5.74) is 1.10. The van der Waals surface area contributed by atoms with Crippen LogP contribution in [0.15, 0.2) is 39.1 Å². The molecule has 0 bridgehead atoms. The van der Waals surface area contributed by atoms with E-state index in [2.05, 4.69) is 27.5 Å². The van der Waals surface area contributed by atoms with Gasteiger partial charge in [0.2, 0.25) is 6.79 Å². The van der Waals surface area contributed by atoms with Gasteiger partial charge in [-0.15, -0.1) is 11.3 Å². The van der Waals surface area contributed by atoms with Gasteiger partial charge in [-0.2, -0.15) is 0 Å². The maximum absolute atomic E-state index is 5.41. The Morgan fingerprint density at radius 2 is 2.24 bits per heavy atom. The van der Waals surface area contributed by atoms with Crippen LogP contribution in [0, 0.1) is 0 Å². The van der Waals surface area contributed by atoms with Crippen molar-refractivity contribution in [3.8, 4) is 11.5 Å². The summed E-state index contributed by atoms with van der Waals surface area (Å²) >= 11 is 3.48. The van der Waals surface area contributed by atoms with Gasteiger partial charge in [0.1, 0.15) is 4.34 Å². The van der Waals surface area contributed by atoms with Gasteiger partial charge in [0.15, 0.2) is 17.5 Å². The monoisotopic (exact) mass is 378 g/mol. The molecule has 8 heteroatoms. The highest BCUT2D eigenvalue weighted by atomic mass is 32.2. The first kappa shape index (κ1) is 17.9. The highest BCUT2D eigenvalue weighted by molar-refractivity contribution is 8.00. The molecular weight excluding hydrogens is 356 g/mol. The van der Waals surface area contributed by atoms with Crippen LogP contribution in [-0.2, 0) is 6.54 Å². The summed E-state index contributed by atoms with van der Waals surface area (Å²) < 4.78 is 11.9. The normalized spacial score (nSPS) is 13.1. The average Bonchev–Trinajstić information content (AvgIpc) is 3.30. The fraction of sp³-hybridized carbons (Fsp3) is 0.412. The number of guanidine groups is 1. The van der Waals surface area contributed by atoms with E-state index in [0.29, 0.717) is 13.3 Å². The number of nitrogens with one attached hydrogen (secondary N) is 2. The molecule has 0 unspecified atom stereocenters. The zero-order valence-corrected chi connectivity index (χ0v) is 15.8. The van der Waals surface area contributed by atoms with Gasteiger partial charge in [0.05, 0.1) is 6.54 Å². The topological polar surface area (TPSA) is 67.8 Å². The molecule has 6 nitrogen and oxygen atoms in total. The van der Waals surface area contributed by atoms with E-state index in [9.17, 15) is 0 Å². The molecule has 2 heterocycles. The lowest BCUT2D eigenvalue weighted by molar-refractivity contribution is 0.174. The molecule has 0 radical (unpaired) electrons. The second-order valence-electron chi connectivity index (χ2n) is 5.31. The molecule has 2 N–H and O–H groups in total. The smallest absolute Gasteiger partial charge is 0.231 e. The van der Waals surface area contributed by atoms with Crippen molar-refractivity contribution in [2.24, 2.45) is 4.99 Å². The fourth-order valence-electron chi connectivity index (χ4n) is 2.27. The van der Waals surface area contributed by atoms with Gasteiger partial charge in [-0.05, 0) is 31.0 Å². The summed E-state index contributed by atoms with van der Waals surface area (Å²) in [6.07, 6.45) is 2.90. The first-order chi connectivity index (χ1) is 12.3. The van der Waals surface area contributed by atoms with E-state index >= 15 is 0 Å². The number of hydrogen-bond donors (Lipinski definition) is 2. The van der Waals surface area contributed by atoms with Crippen LogP contribution in [0.1, 0.15) is 18.9 Å². The van der Waals surface area contributed by atoms with E-state index in [1.807, 2.05) is 29.8 Å². The standard InChI is InChI=1S/C17H22N4O2S2/c1-2-18-16(19-6-3-8-24-17-20-7-9-25-17)21-11-13-4-5-14-15(10-13)23-12-22-14/h4-5,7,9-10H,2-3,6,8,11-12H2,1H3,(H2,18,19,21). The molecule has 0 spiro atoms. The Kier molecular flexibility index (Phi) is 6.81. The van der Waals surface area contributed by atoms with E-state index in [1.54, 1.807) is 23.1 Å². The molecule has 1 aromatic heterocycles. The minimum atomic E-state index is 0.297. The maximum atomic E-state index is 5.41. The van der Waals surface area contributed by atoms with Gasteiger partial charge >= 0.3 is 0 Å². The third-order valence-corrected chi connectivity index (χ3v) is 5.50. The zero-order valence-electron chi connectivity index (χ0n) is 14.2. The van der Waals surface area contributed by atoms with Crippen molar-refractivity contribution in [1.29, 1.82) is 0 Å². The van der Waals surface area contributed by atoms with Crippen LogP contribution in [0.2, 0.25) is 0 Å². The number of hydrogen-bond acceptors (Lipinski definition) is 6. The van der Waals surface area contributed by atoms with Gasteiger partial charge in [-0.25, -0.2) is 9.98 Å². The van der Waals surface area contributed by atoms with Crippen LogP contribution in [0.25, 0.3) is 0 Å². The highest BCUT2D eigenvalue weighted by Gasteiger charge is 2.12. The van der Waals surface area contributed by atoms with Gasteiger partial charge in [0.25, 0.3) is 0 Å². The van der Waals surface area contributed by atoms with E-state index < -0.39 is 0 Å². The van der Waals surface area contributed by atoms with Crippen molar-refractivity contribution in [3.63, 3.8) is 0 Å². The lowest BCUT2D eigenvalue weighted by atomic mass is 10.2. The molecule has 1 aromatic carbocycles. The summed E-state index contributed by atoms with van der Waals surface area (Å²) in [5.74, 6) is 3.47. The molecule has 134 valence electrons. The van der Waals surface area contributed by atoms with Crippen molar-refractivity contribution in [2.45, 2.75) is 24.2 Å². The Hall–Kier alpha value is -1.93. The summed E-state index contributed by atoms with van der Waals surface area (Å²) in [7, 11) is 0. The highest BCUT2D eigenvalue weighted by Crippen LogP contribution is 2.32.